The Morgan fingerprint density at radius 3 is 2.48 bits per heavy atom. The molecule has 138 valence electrons. The molecule has 10 nitrogen and oxygen atoms in total. The molecule has 2 unspecified atom stereocenters. The van der Waals surface area contributed by atoms with Crippen LogP contribution in [-0.4, -0.2) is 60.3 Å². The van der Waals surface area contributed by atoms with Crippen molar-refractivity contribution in [1.82, 2.24) is 9.62 Å². The van der Waals surface area contributed by atoms with Crippen molar-refractivity contribution < 1.29 is 28.3 Å². The summed E-state index contributed by atoms with van der Waals surface area (Å²) < 4.78 is 27.4. The van der Waals surface area contributed by atoms with Gasteiger partial charge >= 0.3 is 6.09 Å². The van der Waals surface area contributed by atoms with Crippen molar-refractivity contribution >= 4 is 21.8 Å². The molecule has 0 aromatic heterocycles. The lowest BCUT2D eigenvalue weighted by molar-refractivity contribution is -0.384. The zero-order chi connectivity index (χ0) is 18.6. The molecule has 1 aromatic rings. The van der Waals surface area contributed by atoms with Gasteiger partial charge < -0.3 is 15.1 Å². The quantitative estimate of drug-likeness (QED) is 0.468. The number of hydrogen-bond acceptors (Lipinski definition) is 6. The molecular weight excluding hydrogens is 354 g/mol. The van der Waals surface area contributed by atoms with Gasteiger partial charge in [-0.15, -0.1) is 0 Å². The van der Waals surface area contributed by atoms with Gasteiger partial charge in [0.2, 0.25) is 10.0 Å². The molecule has 1 aliphatic heterocycles. The van der Waals surface area contributed by atoms with Gasteiger partial charge in [0.25, 0.3) is 5.69 Å². The number of nitrogens with zero attached hydrogens (tertiary/aromatic N) is 2. The van der Waals surface area contributed by atoms with Crippen LogP contribution in [0, 0.1) is 16.0 Å². The molecule has 0 aliphatic carbocycles. The Bertz CT molecular complexity index is 735. The number of nitrogens with one attached hydrogen (secondary N) is 1. The predicted molar refractivity (Wildman–Crippen MR) is 86.6 cm³/mol. The Morgan fingerprint density at radius 2 is 1.96 bits per heavy atom. The predicted octanol–water partition coefficient (Wildman–Crippen LogP) is 0.624. The molecule has 1 saturated heterocycles. The van der Waals surface area contributed by atoms with Crippen molar-refractivity contribution in [3.8, 4) is 0 Å². The van der Waals surface area contributed by atoms with Crippen molar-refractivity contribution in [3.63, 3.8) is 0 Å². The normalized spacial score (nSPS) is 20.6. The van der Waals surface area contributed by atoms with Gasteiger partial charge in [-0.25, -0.2) is 17.9 Å². The molecule has 1 heterocycles. The summed E-state index contributed by atoms with van der Waals surface area (Å²) in [7, 11) is -3.95. The minimum absolute atomic E-state index is 0.0115. The van der Waals surface area contributed by atoms with E-state index in [0.29, 0.717) is 12.8 Å². The minimum Gasteiger partial charge on any atom is -0.465 e. The molecule has 0 radical (unpaired) electrons. The first-order valence-electron chi connectivity index (χ1n) is 7.60. The van der Waals surface area contributed by atoms with Crippen LogP contribution in [0.2, 0.25) is 0 Å². The number of carbonyl (C=O) groups is 1. The molecule has 2 rings (SSSR count). The smallest absolute Gasteiger partial charge is 0.407 e. The summed E-state index contributed by atoms with van der Waals surface area (Å²) in [6.45, 7) is 0.131. The minimum atomic E-state index is -3.95. The number of non-ortho nitro benzene ring substituents is 1. The number of hydrogen-bond donors (Lipinski definition) is 3. The second-order valence-corrected chi connectivity index (χ2v) is 7.51. The first-order valence-corrected chi connectivity index (χ1v) is 9.08. The molecule has 1 amide bonds. The molecule has 1 fully saturated rings. The third-order valence-electron chi connectivity index (χ3n) is 4.11. The van der Waals surface area contributed by atoms with Crippen LogP contribution in [0.25, 0.3) is 0 Å². The molecule has 3 N–H and O–H groups in total. The number of rotatable bonds is 7. The number of likely N-dealkylation sites (tertiary alicyclic amines) is 1. The summed E-state index contributed by atoms with van der Waals surface area (Å²) >= 11 is 0. The molecule has 11 heteroatoms. The van der Waals surface area contributed by atoms with E-state index in [1.54, 1.807) is 0 Å². The standard InChI is InChI=1S/C14H19N3O7S/c18-7-1-2-10-8-16(14(19)20)9-13(10)15-25(23,24)12-5-3-11(4-6-12)17(21)22/h3-6,10,13,15,18H,1-2,7-9H2,(H,19,20). The van der Waals surface area contributed by atoms with Gasteiger partial charge in [-0.1, -0.05) is 0 Å². The van der Waals surface area contributed by atoms with Crippen LogP contribution in [0.5, 0.6) is 0 Å². The summed E-state index contributed by atoms with van der Waals surface area (Å²) in [5, 5.41) is 28.7. The molecule has 2 atom stereocenters. The third kappa shape index (κ3) is 4.65. The number of nitro benzene ring substituents is 1. The van der Waals surface area contributed by atoms with E-state index in [0.717, 1.165) is 29.2 Å². The van der Waals surface area contributed by atoms with Crippen LogP contribution in [0.3, 0.4) is 0 Å². The number of sulfonamides is 1. The molecule has 0 spiro atoms. The lowest BCUT2D eigenvalue weighted by Gasteiger charge is -2.19. The van der Waals surface area contributed by atoms with Gasteiger partial charge in [-0.3, -0.25) is 10.1 Å². The maximum Gasteiger partial charge on any atom is 0.407 e. The maximum absolute atomic E-state index is 12.5. The van der Waals surface area contributed by atoms with Crippen LogP contribution in [0.1, 0.15) is 12.8 Å². The number of nitro groups is 1. The van der Waals surface area contributed by atoms with Gasteiger partial charge in [0, 0.05) is 37.9 Å². The summed E-state index contributed by atoms with van der Waals surface area (Å²) in [6.07, 6.45) is -0.215. The van der Waals surface area contributed by atoms with Gasteiger partial charge in [-0.05, 0) is 30.9 Å². The highest BCUT2D eigenvalue weighted by atomic mass is 32.2. The van der Waals surface area contributed by atoms with Crippen LogP contribution < -0.4 is 4.72 Å². The van der Waals surface area contributed by atoms with E-state index in [-0.39, 0.29) is 36.2 Å². The second kappa shape index (κ2) is 7.76. The largest absolute Gasteiger partial charge is 0.465 e. The Morgan fingerprint density at radius 1 is 1.32 bits per heavy atom. The SMILES string of the molecule is O=C(O)N1CC(CCCO)C(NS(=O)(=O)c2ccc([N+](=O)[O-])cc2)C1. The number of carboxylic acid groups (broad SMARTS) is 1. The molecular formula is C14H19N3O7S. The fraction of sp³-hybridized carbons (Fsp3) is 0.500. The molecule has 25 heavy (non-hydrogen) atoms. The van der Waals surface area contributed by atoms with E-state index in [1.807, 2.05) is 0 Å². The lowest BCUT2D eigenvalue weighted by atomic mass is 9.99. The van der Waals surface area contributed by atoms with Gasteiger partial charge in [0.15, 0.2) is 0 Å². The second-order valence-electron chi connectivity index (χ2n) is 5.79. The Kier molecular flexibility index (Phi) is 5.93. The number of aliphatic hydroxyl groups is 1. The van der Waals surface area contributed by atoms with E-state index < -0.39 is 27.1 Å². The monoisotopic (exact) mass is 373 g/mol. The summed E-state index contributed by atoms with van der Waals surface area (Å²) in [5.41, 5.74) is -0.224. The lowest BCUT2D eigenvalue weighted by Crippen LogP contribution is -2.41. The number of aliphatic hydroxyl groups excluding tert-OH is 1. The van der Waals surface area contributed by atoms with Crippen molar-refractivity contribution in [2.75, 3.05) is 19.7 Å². The van der Waals surface area contributed by atoms with E-state index in [1.165, 1.54) is 0 Å². The topological polar surface area (TPSA) is 150 Å². The summed E-state index contributed by atoms with van der Waals surface area (Å²) in [6, 6.07) is 3.83. The van der Waals surface area contributed by atoms with Crippen molar-refractivity contribution in [1.29, 1.82) is 0 Å². The number of benzene rings is 1. The fourth-order valence-corrected chi connectivity index (χ4v) is 4.12. The van der Waals surface area contributed by atoms with E-state index >= 15 is 0 Å². The molecule has 1 aliphatic rings. The van der Waals surface area contributed by atoms with Gasteiger partial charge in [-0.2, -0.15) is 0 Å². The molecule has 0 bridgehead atoms. The number of amides is 1. The van der Waals surface area contributed by atoms with Crippen molar-refractivity contribution in [3.05, 3.63) is 34.4 Å². The zero-order valence-corrected chi connectivity index (χ0v) is 14.1. The van der Waals surface area contributed by atoms with Crippen LogP contribution in [-0.2, 0) is 10.0 Å². The van der Waals surface area contributed by atoms with E-state index in [2.05, 4.69) is 4.72 Å². The first kappa shape index (κ1) is 19.1. The zero-order valence-electron chi connectivity index (χ0n) is 13.2. The highest BCUT2D eigenvalue weighted by Gasteiger charge is 2.37. The molecule has 0 saturated carbocycles. The van der Waals surface area contributed by atoms with Crippen LogP contribution >= 0.6 is 0 Å². The van der Waals surface area contributed by atoms with Crippen molar-refractivity contribution in [2.24, 2.45) is 5.92 Å². The van der Waals surface area contributed by atoms with Crippen molar-refractivity contribution in [2.45, 2.75) is 23.8 Å². The fourth-order valence-electron chi connectivity index (χ4n) is 2.82. The average molecular weight is 373 g/mol. The summed E-state index contributed by atoms with van der Waals surface area (Å²) in [4.78, 5) is 22.2. The van der Waals surface area contributed by atoms with Crippen LogP contribution in [0.15, 0.2) is 29.2 Å². The Hall–Kier alpha value is -2.24. The highest BCUT2D eigenvalue weighted by molar-refractivity contribution is 7.89. The maximum atomic E-state index is 12.5. The third-order valence-corrected chi connectivity index (χ3v) is 5.61. The van der Waals surface area contributed by atoms with Gasteiger partial charge in [0.1, 0.15) is 0 Å². The highest BCUT2D eigenvalue weighted by Crippen LogP contribution is 2.24. The Balaban J connectivity index is 2.16. The van der Waals surface area contributed by atoms with E-state index in [9.17, 15) is 23.3 Å². The average Bonchev–Trinajstić information content (AvgIpc) is 2.95. The first-order chi connectivity index (χ1) is 11.7. The molecule has 1 aromatic carbocycles. The summed E-state index contributed by atoms with van der Waals surface area (Å²) in [5.74, 6) is -0.254. The Labute approximate surface area is 144 Å². The van der Waals surface area contributed by atoms with E-state index in [4.69, 9.17) is 10.2 Å². The van der Waals surface area contributed by atoms with Crippen LogP contribution in [0.4, 0.5) is 10.5 Å². The van der Waals surface area contributed by atoms with Gasteiger partial charge in [0.05, 0.1) is 9.82 Å².